The van der Waals surface area contributed by atoms with Gasteiger partial charge in [0, 0.05) is 20.0 Å². The van der Waals surface area contributed by atoms with Crippen LogP contribution in [0.15, 0.2) is 0 Å². The van der Waals surface area contributed by atoms with Crippen LogP contribution < -0.4 is 0 Å². The molecule has 0 unspecified atom stereocenters. The summed E-state index contributed by atoms with van der Waals surface area (Å²) >= 11 is 0. The van der Waals surface area contributed by atoms with Crippen LogP contribution in [0, 0.1) is 46.3 Å². The van der Waals surface area contributed by atoms with Gasteiger partial charge in [0.1, 0.15) is 6.10 Å². The number of fused-ring (bicyclic) bond motifs is 5. The Labute approximate surface area is 204 Å². The first-order valence-corrected chi connectivity index (χ1v) is 14.0. The summed E-state index contributed by atoms with van der Waals surface area (Å²) in [5.41, 5.74) is 1.02. The van der Waals surface area contributed by atoms with Crippen molar-refractivity contribution in [3.8, 4) is 0 Å². The van der Waals surface area contributed by atoms with E-state index in [-0.39, 0.29) is 12.1 Å². The number of nitrogens with zero attached hydrogens (tertiary/aromatic N) is 2. The van der Waals surface area contributed by atoms with Gasteiger partial charge in [-0.15, -0.1) is 0 Å². The molecule has 0 aromatic rings. The van der Waals surface area contributed by atoms with Gasteiger partial charge in [-0.3, -0.25) is 4.79 Å². The van der Waals surface area contributed by atoms with Gasteiger partial charge in [0.25, 0.3) is 0 Å². The molecule has 4 rings (SSSR count). The lowest BCUT2D eigenvalue weighted by Gasteiger charge is -2.61. The molecule has 33 heavy (non-hydrogen) atoms. The van der Waals surface area contributed by atoms with E-state index >= 15 is 0 Å². The normalized spacial score (nSPS) is 42.8. The molecule has 0 amide bonds. The zero-order valence-electron chi connectivity index (χ0n) is 22.7. The molecule has 4 heteroatoms. The number of carbonyl (C=O) groups is 1. The summed E-state index contributed by atoms with van der Waals surface area (Å²) in [6.45, 7) is 9.32. The molecular formula is C29H52N2O2. The lowest BCUT2D eigenvalue weighted by molar-refractivity contribution is -0.160. The highest BCUT2D eigenvalue weighted by atomic mass is 16.5. The van der Waals surface area contributed by atoms with Crippen LogP contribution in [0.3, 0.4) is 0 Å². The second-order valence-electron chi connectivity index (χ2n) is 13.6. The second-order valence-corrected chi connectivity index (χ2v) is 13.6. The Bertz CT molecular complexity index is 683. The molecule has 8 atom stereocenters. The Morgan fingerprint density at radius 3 is 2.15 bits per heavy atom. The lowest BCUT2D eigenvalue weighted by Crippen LogP contribution is -2.54. The number of rotatable bonds is 7. The SMILES string of the molecule is CC(=O)O[C@H]1CC[C@@]2(C)[C@@H](CC[C@@H]3[C@@H]2CC[C@]2(C)[C@@H](CC(CN(C)C)CN(C)C)CC[C@@H]32)C1. The average Bonchev–Trinajstić information content (AvgIpc) is 3.03. The van der Waals surface area contributed by atoms with Crippen molar-refractivity contribution in [2.45, 2.75) is 91.1 Å². The average molecular weight is 461 g/mol. The molecule has 0 saturated heterocycles. The molecule has 0 aliphatic heterocycles. The molecule has 0 spiro atoms. The van der Waals surface area contributed by atoms with E-state index in [2.05, 4.69) is 51.8 Å². The van der Waals surface area contributed by atoms with Crippen LogP contribution in [-0.4, -0.2) is 63.2 Å². The van der Waals surface area contributed by atoms with Crippen LogP contribution in [0.4, 0.5) is 0 Å². The minimum absolute atomic E-state index is 0.0930. The Morgan fingerprint density at radius 1 is 0.879 bits per heavy atom. The zero-order chi connectivity index (χ0) is 24.0. The van der Waals surface area contributed by atoms with E-state index in [1.54, 1.807) is 6.92 Å². The summed E-state index contributed by atoms with van der Waals surface area (Å²) in [5.74, 6) is 5.10. The first-order chi connectivity index (χ1) is 15.5. The Hall–Kier alpha value is -0.610. The van der Waals surface area contributed by atoms with Gasteiger partial charge >= 0.3 is 5.97 Å². The summed E-state index contributed by atoms with van der Waals surface area (Å²) in [6, 6.07) is 0. The third kappa shape index (κ3) is 5.03. The highest BCUT2D eigenvalue weighted by molar-refractivity contribution is 5.66. The monoisotopic (exact) mass is 460 g/mol. The van der Waals surface area contributed by atoms with Crippen molar-refractivity contribution in [2.24, 2.45) is 46.3 Å². The quantitative estimate of drug-likeness (QED) is 0.456. The van der Waals surface area contributed by atoms with Gasteiger partial charge in [0.2, 0.25) is 0 Å². The van der Waals surface area contributed by atoms with Crippen LogP contribution in [0.25, 0.3) is 0 Å². The van der Waals surface area contributed by atoms with Crippen LogP contribution in [-0.2, 0) is 9.53 Å². The number of carbonyl (C=O) groups excluding carboxylic acids is 1. The smallest absolute Gasteiger partial charge is 0.302 e. The van der Waals surface area contributed by atoms with E-state index in [0.717, 1.165) is 48.3 Å². The molecule has 0 aromatic heterocycles. The van der Waals surface area contributed by atoms with Crippen molar-refractivity contribution in [3.63, 3.8) is 0 Å². The van der Waals surface area contributed by atoms with E-state index < -0.39 is 0 Å². The van der Waals surface area contributed by atoms with Crippen molar-refractivity contribution >= 4 is 5.97 Å². The minimum Gasteiger partial charge on any atom is -0.463 e. The number of hydrogen-bond acceptors (Lipinski definition) is 4. The van der Waals surface area contributed by atoms with Crippen molar-refractivity contribution in [3.05, 3.63) is 0 Å². The highest BCUT2D eigenvalue weighted by Crippen LogP contribution is 2.68. The van der Waals surface area contributed by atoms with Crippen LogP contribution in [0.1, 0.15) is 85.0 Å². The van der Waals surface area contributed by atoms with Gasteiger partial charge < -0.3 is 14.5 Å². The van der Waals surface area contributed by atoms with E-state index in [0.29, 0.717) is 10.8 Å². The summed E-state index contributed by atoms with van der Waals surface area (Å²) in [6.07, 6.45) is 13.6. The molecule has 0 N–H and O–H groups in total. The molecule has 4 aliphatic carbocycles. The van der Waals surface area contributed by atoms with Crippen LogP contribution >= 0.6 is 0 Å². The summed E-state index contributed by atoms with van der Waals surface area (Å²) < 4.78 is 5.67. The standard InChI is InChI=1S/C29H52N2O2/c1-20(32)33-24-12-14-28(2)23(17-24)8-10-25-26-11-9-22(29(26,3)15-13-27(25)28)16-21(18-30(4)5)19-31(6)7/h21-27H,8-19H2,1-7H3/t22-,23+,24+,25+,26+,27+,28+,29-/m1/s1. The molecule has 0 radical (unpaired) electrons. The summed E-state index contributed by atoms with van der Waals surface area (Å²) in [7, 11) is 8.95. The maximum absolute atomic E-state index is 11.5. The third-order valence-electron chi connectivity index (χ3n) is 11.0. The van der Waals surface area contributed by atoms with Gasteiger partial charge in [-0.1, -0.05) is 13.8 Å². The largest absolute Gasteiger partial charge is 0.463 e. The van der Waals surface area contributed by atoms with Gasteiger partial charge in [-0.05, 0) is 139 Å². The molecule has 4 aliphatic rings. The first-order valence-electron chi connectivity index (χ1n) is 14.0. The van der Waals surface area contributed by atoms with Crippen molar-refractivity contribution in [2.75, 3.05) is 41.3 Å². The van der Waals surface area contributed by atoms with E-state index in [4.69, 9.17) is 4.74 Å². The molecule has 0 heterocycles. The van der Waals surface area contributed by atoms with Gasteiger partial charge in [-0.25, -0.2) is 0 Å². The van der Waals surface area contributed by atoms with E-state index in [9.17, 15) is 4.79 Å². The lowest BCUT2D eigenvalue weighted by atomic mass is 9.44. The van der Waals surface area contributed by atoms with Crippen molar-refractivity contribution in [1.82, 2.24) is 9.80 Å². The Morgan fingerprint density at radius 2 is 1.52 bits per heavy atom. The van der Waals surface area contributed by atoms with Gasteiger partial charge in [-0.2, -0.15) is 0 Å². The maximum atomic E-state index is 11.5. The highest BCUT2D eigenvalue weighted by Gasteiger charge is 2.60. The van der Waals surface area contributed by atoms with Gasteiger partial charge in [0.05, 0.1) is 0 Å². The Balaban J connectivity index is 1.45. The molecule has 4 saturated carbocycles. The van der Waals surface area contributed by atoms with Crippen molar-refractivity contribution in [1.29, 1.82) is 0 Å². The fourth-order valence-corrected chi connectivity index (χ4v) is 9.70. The van der Waals surface area contributed by atoms with E-state index in [1.807, 2.05) is 0 Å². The molecule has 190 valence electrons. The number of ether oxygens (including phenoxy) is 1. The predicted octanol–water partition coefficient (Wildman–Crippen LogP) is 5.71. The number of hydrogen-bond donors (Lipinski definition) is 0. The fourth-order valence-electron chi connectivity index (χ4n) is 9.70. The topological polar surface area (TPSA) is 32.8 Å². The van der Waals surface area contributed by atoms with Gasteiger partial charge in [0.15, 0.2) is 0 Å². The third-order valence-corrected chi connectivity index (χ3v) is 11.0. The maximum Gasteiger partial charge on any atom is 0.302 e. The van der Waals surface area contributed by atoms with Crippen LogP contribution in [0.2, 0.25) is 0 Å². The fraction of sp³-hybridized carbons (Fsp3) is 0.966. The second kappa shape index (κ2) is 9.80. The number of esters is 1. The molecular weight excluding hydrogens is 408 g/mol. The minimum atomic E-state index is -0.0930. The molecule has 4 nitrogen and oxygen atoms in total. The van der Waals surface area contributed by atoms with E-state index in [1.165, 1.54) is 64.5 Å². The van der Waals surface area contributed by atoms with Crippen LogP contribution in [0.5, 0.6) is 0 Å². The predicted molar refractivity (Wildman–Crippen MR) is 136 cm³/mol. The summed E-state index contributed by atoms with van der Waals surface area (Å²) in [5, 5.41) is 0. The first kappa shape index (κ1) is 25.5. The molecule has 0 bridgehead atoms. The Kier molecular flexibility index (Phi) is 7.57. The van der Waals surface area contributed by atoms with Crippen molar-refractivity contribution < 1.29 is 9.53 Å². The molecule has 0 aromatic carbocycles. The molecule has 4 fully saturated rings. The summed E-state index contributed by atoms with van der Waals surface area (Å²) in [4.78, 5) is 16.3. The zero-order valence-corrected chi connectivity index (χ0v) is 22.7.